The predicted molar refractivity (Wildman–Crippen MR) is 71.6 cm³/mol. The minimum Gasteiger partial charge on any atom is -0.345 e. The zero-order valence-electron chi connectivity index (χ0n) is 11.0. The first kappa shape index (κ1) is 12.6. The molecule has 0 atom stereocenters. The van der Waals surface area contributed by atoms with Gasteiger partial charge in [-0.05, 0) is 31.4 Å². The lowest BCUT2D eigenvalue weighted by Crippen LogP contribution is -2.24. The van der Waals surface area contributed by atoms with Gasteiger partial charge in [0.25, 0.3) is 5.91 Å². The van der Waals surface area contributed by atoms with E-state index in [0.717, 1.165) is 35.8 Å². The Kier molecular flexibility index (Phi) is 3.32. The van der Waals surface area contributed by atoms with Crippen molar-refractivity contribution in [2.75, 3.05) is 14.1 Å². The Balaban J connectivity index is 2.67. The molecular weight excluding hydrogens is 226 g/mol. The number of amides is 1. The van der Waals surface area contributed by atoms with E-state index in [2.05, 4.69) is 6.07 Å². The number of carbonyl (C=O) groups excluding carboxylic acids is 2. The smallest absolute Gasteiger partial charge is 0.253 e. The van der Waals surface area contributed by atoms with Gasteiger partial charge in [-0.3, -0.25) is 9.59 Å². The Labute approximate surface area is 107 Å². The lowest BCUT2D eigenvalue weighted by molar-refractivity contribution is -0.103. The quantitative estimate of drug-likeness (QED) is 0.747. The van der Waals surface area contributed by atoms with Gasteiger partial charge in [-0.2, -0.15) is 0 Å². The van der Waals surface area contributed by atoms with Gasteiger partial charge in [0, 0.05) is 30.8 Å². The van der Waals surface area contributed by atoms with Gasteiger partial charge in [-0.25, -0.2) is 0 Å². The minimum absolute atomic E-state index is 0.0513. The Morgan fingerprint density at radius 3 is 2.67 bits per heavy atom. The number of aryl methyl sites for hydroxylation is 2. The summed E-state index contributed by atoms with van der Waals surface area (Å²) in [7, 11) is 3.45. The summed E-state index contributed by atoms with van der Waals surface area (Å²) < 4.78 is 0. The van der Waals surface area contributed by atoms with Crippen LogP contribution in [0.2, 0.25) is 0 Å². The van der Waals surface area contributed by atoms with Gasteiger partial charge in [0.2, 0.25) is 0 Å². The van der Waals surface area contributed by atoms with Gasteiger partial charge >= 0.3 is 0 Å². The molecule has 0 heterocycles. The Bertz CT molecular complexity index is 542. The summed E-state index contributed by atoms with van der Waals surface area (Å²) in [5.41, 5.74) is 4.26. The number of nitrogens with zero attached hydrogens (tertiary/aromatic N) is 1. The van der Waals surface area contributed by atoms with Crippen LogP contribution in [0.1, 0.15) is 33.5 Å². The van der Waals surface area contributed by atoms with Crippen molar-refractivity contribution in [3.63, 3.8) is 0 Å². The van der Waals surface area contributed by atoms with Crippen LogP contribution in [-0.4, -0.2) is 31.2 Å². The SMILES string of the molecule is Cc1cc2c(c(C(=O)N(C)C)c1)C(C=O)=CCC2. The molecule has 0 saturated heterocycles. The van der Waals surface area contributed by atoms with Crippen LogP contribution in [0.15, 0.2) is 18.2 Å². The molecule has 94 valence electrons. The fraction of sp³-hybridized carbons (Fsp3) is 0.333. The van der Waals surface area contributed by atoms with Crippen molar-refractivity contribution in [1.82, 2.24) is 4.90 Å². The first-order valence-electron chi connectivity index (χ1n) is 6.05. The topological polar surface area (TPSA) is 37.4 Å². The second kappa shape index (κ2) is 4.77. The molecule has 0 fully saturated rings. The Hall–Kier alpha value is -1.90. The molecule has 1 aromatic rings. The number of rotatable bonds is 2. The highest BCUT2D eigenvalue weighted by atomic mass is 16.2. The van der Waals surface area contributed by atoms with Crippen molar-refractivity contribution in [2.45, 2.75) is 19.8 Å². The number of allylic oxidation sites excluding steroid dienone is 2. The van der Waals surface area contributed by atoms with Gasteiger partial charge in [0.05, 0.1) is 0 Å². The van der Waals surface area contributed by atoms with Crippen molar-refractivity contribution in [2.24, 2.45) is 0 Å². The van der Waals surface area contributed by atoms with Gasteiger partial charge in [0.15, 0.2) is 0 Å². The highest BCUT2D eigenvalue weighted by molar-refractivity contribution is 6.13. The molecule has 0 aliphatic heterocycles. The van der Waals surface area contributed by atoms with Crippen molar-refractivity contribution in [3.05, 3.63) is 40.5 Å². The first-order chi connectivity index (χ1) is 8.54. The van der Waals surface area contributed by atoms with Crippen molar-refractivity contribution < 1.29 is 9.59 Å². The number of benzene rings is 1. The van der Waals surface area contributed by atoms with Gasteiger partial charge < -0.3 is 4.90 Å². The van der Waals surface area contributed by atoms with Crippen molar-refractivity contribution >= 4 is 17.8 Å². The molecule has 0 spiro atoms. The van der Waals surface area contributed by atoms with E-state index in [1.807, 2.05) is 19.1 Å². The predicted octanol–water partition coefficient (Wildman–Crippen LogP) is 2.23. The first-order valence-corrected chi connectivity index (χ1v) is 6.05. The molecule has 0 bridgehead atoms. The number of aldehydes is 1. The van der Waals surface area contributed by atoms with E-state index in [-0.39, 0.29) is 5.91 Å². The molecule has 1 aliphatic rings. The lowest BCUT2D eigenvalue weighted by atomic mass is 9.86. The molecule has 18 heavy (non-hydrogen) atoms. The summed E-state index contributed by atoms with van der Waals surface area (Å²) in [5.74, 6) is -0.0513. The van der Waals surface area contributed by atoms with Crippen LogP contribution in [0, 0.1) is 6.92 Å². The van der Waals surface area contributed by atoms with E-state index in [9.17, 15) is 9.59 Å². The second-order valence-electron chi connectivity index (χ2n) is 4.86. The number of hydrogen-bond acceptors (Lipinski definition) is 2. The summed E-state index contributed by atoms with van der Waals surface area (Å²) in [6, 6.07) is 3.93. The summed E-state index contributed by atoms with van der Waals surface area (Å²) in [5, 5.41) is 0. The molecule has 1 amide bonds. The van der Waals surface area contributed by atoms with Crippen LogP contribution in [0.4, 0.5) is 0 Å². The van der Waals surface area contributed by atoms with Gasteiger partial charge in [-0.1, -0.05) is 17.7 Å². The van der Waals surface area contributed by atoms with Gasteiger partial charge in [0.1, 0.15) is 6.29 Å². The zero-order chi connectivity index (χ0) is 13.3. The second-order valence-corrected chi connectivity index (χ2v) is 4.86. The monoisotopic (exact) mass is 243 g/mol. The van der Waals surface area contributed by atoms with E-state index in [1.54, 1.807) is 19.0 Å². The van der Waals surface area contributed by atoms with Crippen LogP contribution >= 0.6 is 0 Å². The maximum absolute atomic E-state index is 12.2. The average molecular weight is 243 g/mol. The molecule has 1 aromatic carbocycles. The van der Waals surface area contributed by atoms with E-state index in [4.69, 9.17) is 0 Å². The molecule has 0 aromatic heterocycles. The zero-order valence-corrected chi connectivity index (χ0v) is 11.0. The molecular formula is C15H17NO2. The Morgan fingerprint density at radius 1 is 1.33 bits per heavy atom. The maximum Gasteiger partial charge on any atom is 0.253 e. The molecule has 0 radical (unpaired) electrons. The fourth-order valence-corrected chi connectivity index (χ4v) is 2.40. The van der Waals surface area contributed by atoms with Crippen LogP contribution in [-0.2, 0) is 11.2 Å². The van der Waals surface area contributed by atoms with E-state index in [1.165, 1.54) is 0 Å². The minimum atomic E-state index is -0.0513. The molecule has 0 saturated carbocycles. The summed E-state index contributed by atoms with van der Waals surface area (Å²) >= 11 is 0. The largest absolute Gasteiger partial charge is 0.345 e. The summed E-state index contributed by atoms with van der Waals surface area (Å²) in [6.07, 6.45) is 4.51. The van der Waals surface area contributed by atoms with E-state index < -0.39 is 0 Å². The summed E-state index contributed by atoms with van der Waals surface area (Å²) in [6.45, 7) is 1.98. The number of fused-ring (bicyclic) bond motifs is 1. The maximum atomic E-state index is 12.2. The molecule has 2 rings (SSSR count). The fourth-order valence-electron chi connectivity index (χ4n) is 2.40. The third kappa shape index (κ3) is 2.08. The molecule has 1 aliphatic carbocycles. The molecule has 0 unspecified atom stereocenters. The van der Waals surface area contributed by atoms with Gasteiger partial charge in [-0.15, -0.1) is 0 Å². The lowest BCUT2D eigenvalue weighted by Gasteiger charge is -2.21. The van der Waals surface area contributed by atoms with Crippen molar-refractivity contribution in [3.8, 4) is 0 Å². The third-order valence-corrected chi connectivity index (χ3v) is 3.19. The average Bonchev–Trinajstić information content (AvgIpc) is 2.35. The van der Waals surface area contributed by atoms with Crippen LogP contribution in [0.25, 0.3) is 5.57 Å². The highest BCUT2D eigenvalue weighted by Crippen LogP contribution is 2.30. The van der Waals surface area contributed by atoms with Crippen LogP contribution < -0.4 is 0 Å². The standard InChI is InChI=1S/C15H17NO2/c1-10-7-11-5-4-6-12(9-17)14(11)13(8-10)15(18)16(2)3/h6-9H,4-5H2,1-3H3. The Morgan fingerprint density at radius 2 is 2.06 bits per heavy atom. The van der Waals surface area contributed by atoms with E-state index >= 15 is 0 Å². The number of hydrogen-bond donors (Lipinski definition) is 0. The van der Waals surface area contributed by atoms with Crippen LogP contribution in [0.3, 0.4) is 0 Å². The number of carbonyl (C=O) groups is 2. The van der Waals surface area contributed by atoms with Crippen LogP contribution in [0.5, 0.6) is 0 Å². The summed E-state index contributed by atoms with van der Waals surface area (Å²) in [4.78, 5) is 24.9. The molecule has 3 nitrogen and oxygen atoms in total. The normalized spacial score (nSPS) is 13.6. The van der Waals surface area contributed by atoms with Crippen molar-refractivity contribution in [1.29, 1.82) is 0 Å². The third-order valence-electron chi connectivity index (χ3n) is 3.19. The molecule has 3 heteroatoms. The highest BCUT2D eigenvalue weighted by Gasteiger charge is 2.21. The molecule has 0 N–H and O–H groups in total. The van der Waals surface area contributed by atoms with E-state index in [0.29, 0.717) is 11.1 Å².